The number of nitrogens with two attached hydrogens (primary N) is 2. The van der Waals surface area contributed by atoms with Gasteiger partial charge in [-0.2, -0.15) is 0 Å². The number of hydrogen-bond acceptors (Lipinski definition) is 3. The maximum Gasteiger partial charge on any atom is 0.145 e. The smallest absolute Gasteiger partial charge is 0.145 e. The Morgan fingerprint density at radius 2 is 1.54 bits per heavy atom. The lowest BCUT2D eigenvalue weighted by Crippen LogP contribution is -2.00. The Morgan fingerprint density at radius 1 is 0.833 bits per heavy atom. The van der Waals surface area contributed by atoms with E-state index in [4.69, 9.17) is 16.5 Å². The molecule has 0 bridgehead atoms. The predicted octanol–water partition coefficient (Wildman–Crippen LogP) is 4.17. The first-order valence-corrected chi connectivity index (χ1v) is 7.83. The Morgan fingerprint density at radius 3 is 2.29 bits per heavy atom. The van der Waals surface area contributed by atoms with E-state index in [1.165, 1.54) is 5.56 Å². The highest BCUT2D eigenvalue weighted by Crippen LogP contribution is 2.31. The van der Waals surface area contributed by atoms with Gasteiger partial charge in [-0.25, -0.2) is 4.98 Å². The van der Waals surface area contributed by atoms with E-state index in [0.29, 0.717) is 0 Å². The number of benzene rings is 3. The molecule has 0 unspecified atom stereocenters. The second-order valence-corrected chi connectivity index (χ2v) is 5.93. The van der Waals surface area contributed by atoms with E-state index in [9.17, 15) is 0 Å². The van der Waals surface area contributed by atoms with Crippen LogP contribution >= 0.6 is 0 Å². The Balaban J connectivity index is 2.08. The minimum atomic E-state index is 0.723. The number of aromatic nitrogens is 2. The molecule has 1 heterocycles. The molecule has 4 aromatic rings. The quantitative estimate of drug-likeness (QED) is 0.546. The topological polar surface area (TPSA) is 69.9 Å². The molecule has 0 aliphatic heterocycles. The summed E-state index contributed by atoms with van der Waals surface area (Å²) in [7, 11) is 0. The monoisotopic (exact) mass is 314 g/mol. The van der Waals surface area contributed by atoms with E-state index in [2.05, 4.69) is 23.6 Å². The third kappa shape index (κ3) is 2.29. The Labute approximate surface area is 140 Å². The van der Waals surface area contributed by atoms with Crippen molar-refractivity contribution in [1.82, 2.24) is 9.55 Å². The minimum absolute atomic E-state index is 0.723. The zero-order chi connectivity index (χ0) is 16.7. The van der Waals surface area contributed by atoms with Gasteiger partial charge in [0.05, 0.1) is 16.7 Å². The minimum Gasteiger partial charge on any atom is -0.399 e. The van der Waals surface area contributed by atoms with E-state index in [1.807, 2.05) is 54.6 Å². The van der Waals surface area contributed by atoms with Crippen LogP contribution < -0.4 is 11.5 Å². The van der Waals surface area contributed by atoms with Crippen molar-refractivity contribution in [2.45, 2.75) is 6.92 Å². The van der Waals surface area contributed by atoms with E-state index < -0.39 is 0 Å². The van der Waals surface area contributed by atoms with E-state index in [1.54, 1.807) is 0 Å². The van der Waals surface area contributed by atoms with Gasteiger partial charge in [-0.15, -0.1) is 0 Å². The molecule has 4 rings (SSSR count). The first-order valence-electron chi connectivity index (χ1n) is 7.83. The molecular weight excluding hydrogens is 296 g/mol. The highest BCUT2D eigenvalue weighted by atomic mass is 15.1. The third-order valence-corrected chi connectivity index (χ3v) is 4.20. The molecule has 0 saturated carbocycles. The zero-order valence-corrected chi connectivity index (χ0v) is 13.4. The molecule has 0 fully saturated rings. The van der Waals surface area contributed by atoms with Gasteiger partial charge < -0.3 is 11.5 Å². The van der Waals surface area contributed by atoms with Crippen molar-refractivity contribution in [3.63, 3.8) is 0 Å². The Hall–Kier alpha value is -3.27. The van der Waals surface area contributed by atoms with Gasteiger partial charge in [-0.05, 0) is 61.0 Å². The fourth-order valence-corrected chi connectivity index (χ4v) is 2.98. The van der Waals surface area contributed by atoms with Gasteiger partial charge in [-0.1, -0.05) is 18.2 Å². The van der Waals surface area contributed by atoms with Crippen LogP contribution in [0.15, 0.2) is 66.7 Å². The molecule has 0 aliphatic carbocycles. The van der Waals surface area contributed by atoms with Crippen molar-refractivity contribution >= 4 is 22.4 Å². The molecule has 3 aromatic carbocycles. The lowest BCUT2D eigenvalue weighted by atomic mass is 10.1. The van der Waals surface area contributed by atoms with Crippen molar-refractivity contribution in [1.29, 1.82) is 0 Å². The van der Waals surface area contributed by atoms with Crippen LogP contribution in [0, 0.1) is 6.92 Å². The van der Waals surface area contributed by atoms with Gasteiger partial charge >= 0.3 is 0 Å². The van der Waals surface area contributed by atoms with Crippen molar-refractivity contribution in [2.75, 3.05) is 11.5 Å². The molecule has 1 aromatic heterocycles. The Bertz CT molecular complexity index is 1030. The summed E-state index contributed by atoms with van der Waals surface area (Å²) in [6, 6.07) is 21.9. The van der Waals surface area contributed by atoms with Crippen LogP contribution in [-0.4, -0.2) is 9.55 Å². The van der Waals surface area contributed by atoms with Crippen LogP contribution in [0.1, 0.15) is 5.56 Å². The Kier molecular flexibility index (Phi) is 3.24. The molecule has 0 spiro atoms. The van der Waals surface area contributed by atoms with Gasteiger partial charge in [0.1, 0.15) is 5.82 Å². The maximum atomic E-state index is 6.02. The lowest BCUT2D eigenvalue weighted by molar-refractivity contribution is 1.08. The van der Waals surface area contributed by atoms with Gasteiger partial charge in [-0.3, -0.25) is 4.57 Å². The predicted molar refractivity (Wildman–Crippen MR) is 100 cm³/mol. The third-order valence-electron chi connectivity index (χ3n) is 4.20. The van der Waals surface area contributed by atoms with Crippen molar-refractivity contribution in [3.8, 4) is 17.1 Å². The van der Waals surface area contributed by atoms with Crippen molar-refractivity contribution < 1.29 is 0 Å². The summed E-state index contributed by atoms with van der Waals surface area (Å²) in [4.78, 5) is 4.84. The number of anilines is 2. The molecule has 4 N–H and O–H groups in total. The van der Waals surface area contributed by atoms with Crippen LogP contribution in [-0.2, 0) is 0 Å². The van der Waals surface area contributed by atoms with Gasteiger partial charge in [0.15, 0.2) is 0 Å². The fraction of sp³-hybridized carbons (Fsp3) is 0.0500. The number of imidazole rings is 1. The lowest BCUT2D eigenvalue weighted by Gasteiger charge is -2.12. The normalized spacial score (nSPS) is 11.0. The summed E-state index contributed by atoms with van der Waals surface area (Å²) in [5, 5.41) is 0. The SMILES string of the molecule is Cc1ccccc1-n1c(-c2ccc(N)cc2)nc2ccc(N)cc21. The molecule has 0 saturated heterocycles. The first-order chi connectivity index (χ1) is 11.6. The van der Waals surface area contributed by atoms with Gasteiger partial charge in [0, 0.05) is 16.9 Å². The van der Waals surface area contributed by atoms with Gasteiger partial charge in [0.2, 0.25) is 0 Å². The molecule has 0 radical (unpaired) electrons. The van der Waals surface area contributed by atoms with Crippen LogP contribution in [0.3, 0.4) is 0 Å². The maximum absolute atomic E-state index is 6.02. The highest BCUT2D eigenvalue weighted by Gasteiger charge is 2.15. The highest BCUT2D eigenvalue weighted by molar-refractivity contribution is 5.86. The first kappa shape index (κ1) is 14.3. The molecule has 24 heavy (non-hydrogen) atoms. The summed E-state index contributed by atoms with van der Waals surface area (Å²) in [5.74, 6) is 0.880. The summed E-state index contributed by atoms with van der Waals surface area (Å²) in [5.41, 5.74) is 18.5. The summed E-state index contributed by atoms with van der Waals surface area (Å²) >= 11 is 0. The number of rotatable bonds is 2. The van der Waals surface area contributed by atoms with E-state index in [0.717, 1.165) is 39.5 Å². The van der Waals surface area contributed by atoms with Crippen molar-refractivity contribution in [2.24, 2.45) is 0 Å². The molecule has 4 nitrogen and oxygen atoms in total. The molecule has 0 aliphatic rings. The summed E-state index contributed by atoms with van der Waals surface area (Å²) in [6.07, 6.45) is 0. The summed E-state index contributed by atoms with van der Waals surface area (Å²) < 4.78 is 2.16. The van der Waals surface area contributed by atoms with E-state index >= 15 is 0 Å². The molecule has 0 amide bonds. The summed E-state index contributed by atoms with van der Waals surface area (Å²) in [6.45, 7) is 2.10. The van der Waals surface area contributed by atoms with Crippen LogP contribution in [0.2, 0.25) is 0 Å². The average Bonchev–Trinajstić information content (AvgIpc) is 2.94. The number of para-hydroxylation sites is 1. The number of fused-ring (bicyclic) bond motifs is 1. The molecular formula is C20H18N4. The fourth-order valence-electron chi connectivity index (χ4n) is 2.98. The largest absolute Gasteiger partial charge is 0.399 e. The number of nitrogen functional groups attached to an aromatic ring is 2. The second kappa shape index (κ2) is 5.42. The number of hydrogen-bond donors (Lipinski definition) is 2. The standard InChI is InChI=1S/C20H18N4/c1-13-4-2-3-5-18(13)24-19-12-16(22)10-11-17(19)23-20(24)14-6-8-15(21)9-7-14/h2-12H,21-22H2,1H3. The molecule has 118 valence electrons. The number of aryl methyl sites for hydroxylation is 1. The molecule has 4 heteroatoms. The van der Waals surface area contributed by atoms with Crippen molar-refractivity contribution in [3.05, 3.63) is 72.3 Å². The van der Waals surface area contributed by atoms with Crippen LogP contribution in [0.5, 0.6) is 0 Å². The molecule has 0 atom stereocenters. The van der Waals surface area contributed by atoms with Gasteiger partial charge in [0.25, 0.3) is 0 Å². The second-order valence-electron chi connectivity index (χ2n) is 5.93. The van der Waals surface area contributed by atoms with Crippen LogP contribution in [0.25, 0.3) is 28.1 Å². The average molecular weight is 314 g/mol. The number of nitrogens with zero attached hydrogens (tertiary/aromatic N) is 2. The zero-order valence-electron chi connectivity index (χ0n) is 13.4. The van der Waals surface area contributed by atoms with Crippen LogP contribution in [0.4, 0.5) is 11.4 Å². The van der Waals surface area contributed by atoms with E-state index in [-0.39, 0.29) is 0 Å².